The normalized spacial score (nSPS) is 15.3. The van der Waals surface area contributed by atoms with Gasteiger partial charge in [0.1, 0.15) is 12.4 Å². The van der Waals surface area contributed by atoms with Gasteiger partial charge in [0, 0.05) is 28.7 Å². The van der Waals surface area contributed by atoms with Crippen LogP contribution < -0.4 is 10.5 Å². The minimum absolute atomic E-state index is 0.00816. The number of aromatic amines is 1. The van der Waals surface area contributed by atoms with Gasteiger partial charge in [-0.3, -0.25) is 9.59 Å². The third-order valence-corrected chi connectivity index (χ3v) is 6.32. The summed E-state index contributed by atoms with van der Waals surface area (Å²) in [7, 11) is 0. The summed E-state index contributed by atoms with van der Waals surface area (Å²) in [6.07, 6.45) is 0.822. The van der Waals surface area contributed by atoms with Crippen LogP contribution in [0.15, 0.2) is 72.8 Å². The summed E-state index contributed by atoms with van der Waals surface area (Å²) in [5, 5.41) is 1.24. The zero-order valence-corrected chi connectivity index (χ0v) is 18.4. The topological polar surface area (TPSA) is 88.4 Å². The number of H-pyrrole nitrogens is 1. The van der Waals surface area contributed by atoms with E-state index in [0.29, 0.717) is 23.4 Å². The number of primary amides is 1. The molecule has 3 N–H and O–H groups in total. The van der Waals surface area contributed by atoms with E-state index < -0.39 is 5.91 Å². The fraction of sp³-hybridized carbons (Fsp3) is 0.185. The highest BCUT2D eigenvalue weighted by Crippen LogP contribution is 2.35. The molecule has 0 fully saturated rings. The lowest BCUT2D eigenvalue weighted by Gasteiger charge is -2.33. The molecule has 2 heterocycles. The molecule has 6 nitrogen and oxygen atoms in total. The van der Waals surface area contributed by atoms with Crippen molar-refractivity contribution in [3.05, 3.63) is 101 Å². The van der Waals surface area contributed by atoms with Crippen LogP contribution >= 0.6 is 0 Å². The molecule has 0 radical (unpaired) electrons. The molecule has 5 rings (SSSR count). The lowest BCUT2D eigenvalue weighted by Crippen LogP contribution is -2.38. The number of nitrogens with one attached hydrogen (secondary N) is 1. The quantitative estimate of drug-likeness (QED) is 0.476. The molecule has 0 bridgehead atoms. The molecule has 1 atom stereocenters. The largest absolute Gasteiger partial charge is 0.488 e. The van der Waals surface area contributed by atoms with Gasteiger partial charge in [0.25, 0.3) is 11.8 Å². The molecule has 6 heteroatoms. The van der Waals surface area contributed by atoms with Crippen molar-refractivity contribution in [3.63, 3.8) is 0 Å². The second kappa shape index (κ2) is 8.47. The van der Waals surface area contributed by atoms with Gasteiger partial charge in [0.2, 0.25) is 0 Å². The van der Waals surface area contributed by atoms with E-state index in [9.17, 15) is 9.59 Å². The number of aromatic nitrogens is 1. The number of para-hydroxylation sites is 2. The number of rotatable bonds is 5. The molecule has 0 spiro atoms. The van der Waals surface area contributed by atoms with Crippen molar-refractivity contribution in [2.24, 2.45) is 5.73 Å². The van der Waals surface area contributed by atoms with Crippen LogP contribution in [0.3, 0.4) is 0 Å². The maximum atomic E-state index is 13.4. The molecule has 3 aromatic carbocycles. The first-order chi connectivity index (χ1) is 16.0. The summed E-state index contributed by atoms with van der Waals surface area (Å²) in [5.74, 6) is -0.117. The number of carbonyl (C=O) groups excluding carboxylic acids is 2. The highest BCUT2D eigenvalue weighted by molar-refractivity contribution is 5.96. The number of nitrogens with zero attached hydrogens (tertiary/aromatic N) is 1. The van der Waals surface area contributed by atoms with Gasteiger partial charge in [0.05, 0.1) is 11.6 Å². The second-order valence-electron chi connectivity index (χ2n) is 8.34. The van der Waals surface area contributed by atoms with Crippen LogP contribution in [0.4, 0.5) is 0 Å². The Morgan fingerprint density at radius 2 is 1.85 bits per heavy atom. The van der Waals surface area contributed by atoms with Gasteiger partial charge in [-0.1, -0.05) is 42.5 Å². The predicted octanol–water partition coefficient (Wildman–Crippen LogP) is 4.61. The zero-order valence-electron chi connectivity index (χ0n) is 18.4. The minimum Gasteiger partial charge on any atom is -0.488 e. The lowest BCUT2D eigenvalue weighted by atomic mass is 9.97. The molecule has 1 aromatic heterocycles. The average molecular weight is 440 g/mol. The van der Waals surface area contributed by atoms with Crippen LogP contribution in [0.1, 0.15) is 50.5 Å². The van der Waals surface area contributed by atoms with Crippen molar-refractivity contribution in [2.75, 3.05) is 6.54 Å². The van der Waals surface area contributed by atoms with Crippen LogP contribution in [0.25, 0.3) is 10.9 Å². The Kier molecular flexibility index (Phi) is 5.34. The Morgan fingerprint density at radius 3 is 2.70 bits per heavy atom. The fourth-order valence-electron chi connectivity index (χ4n) is 4.62. The summed E-state index contributed by atoms with van der Waals surface area (Å²) < 4.78 is 5.84. The highest BCUT2D eigenvalue weighted by Gasteiger charge is 2.30. The van der Waals surface area contributed by atoms with Crippen LogP contribution in [0, 0.1) is 0 Å². The monoisotopic (exact) mass is 439 g/mol. The maximum Gasteiger partial charge on any atom is 0.254 e. The van der Waals surface area contributed by atoms with Gasteiger partial charge in [-0.25, -0.2) is 0 Å². The van der Waals surface area contributed by atoms with E-state index in [2.05, 4.69) is 24.0 Å². The molecule has 1 unspecified atom stereocenters. The van der Waals surface area contributed by atoms with Gasteiger partial charge >= 0.3 is 0 Å². The molecule has 166 valence electrons. The Balaban J connectivity index is 1.35. The maximum absolute atomic E-state index is 13.4. The standard InChI is InChI=1S/C27H25N3O3/c1-17-25-21(20-9-2-4-11-23(20)29-25)13-14-30(17)27(32)19-8-6-7-18(15-19)16-33-24-12-5-3-10-22(24)26(28)31/h2-12,15,17,29H,13-14,16H2,1H3,(H2,28,31). The SMILES string of the molecule is CC1c2[nH]c3ccccc3c2CCN1C(=O)c1cccc(COc2ccccc2C(N)=O)c1. The summed E-state index contributed by atoms with van der Waals surface area (Å²) in [6.45, 7) is 2.97. The van der Waals surface area contributed by atoms with Crippen molar-refractivity contribution in [1.82, 2.24) is 9.88 Å². The van der Waals surface area contributed by atoms with E-state index >= 15 is 0 Å². The van der Waals surface area contributed by atoms with E-state index in [1.807, 2.05) is 41.3 Å². The van der Waals surface area contributed by atoms with E-state index in [-0.39, 0.29) is 18.6 Å². The van der Waals surface area contributed by atoms with Crippen LogP contribution in [0.5, 0.6) is 5.75 Å². The summed E-state index contributed by atoms with van der Waals surface area (Å²) in [6, 6.07) is 22.5. The Hall–Kier alpha value is -4.06. The van der Waals surface area contributed by atoms with Crippen molar-refractivity contribution in [3.8, 4) is 5.75 Å². The molecular formula is C27H25N3O3. The van der Waals surface area contributed by atoms with Gasteiger partial charge in [-0.15, -0.1) is 0 Å². The third kappa shape index (κ3) is 3.84. The number of benzene rings is 3. The van der Waals surface area contributed by atoms with E-state index in [1.54, 1.807) is 24.3 Å². The number of hydrogen-bond acceptors (Lipinski definition) is 3. The number of nitrogens with two attached hydrogens (primary N) is 1. The molecule has 1 aliphatic heterocycles. The molecular weight excluding hydrogens is 414 g/mol. The van der Waals surface area contributed by atoms with Crippen molar-refractivity contribution in [1.29, 1.82) is 0 Å². The second-order valence-corrected chi connectivity index (χ2v) is 8.34. The number of carbonyl (C=O) groups is 2. The van der Waals surface area contributed by atoms with E-state index in [1.165, 1.54) is 10.9 Å². The molecule has 4 aromatic rings. The smallest absolute Gasteiger partial charge is 0.254 e. The first-order valence-electron chi connectivity index (χ1n) is 11.0. The number of hydrogen-bond donors (Lipinski definition) is 2. The van der Waals surface area contributed by atoms with Gasteiger partial charge in [-0.2, -0.15) is 0 Å². The Labute approximate surface area is 192 Å². The first kappa shape index (κ1) is 20.8. The third-order valence-electron chi connectivity index (χ3n) is 6.32. The van der Waals surface area contributed by atoms with E-state index in [4.69, 9.17) is 10.5 Å². The van der Waals surface area contributed by atoms with E-state index in [0.717, 1.165) is 23.2 Å². The van der Waals surface area contributed by atoms with Crippen molar-refractivity contribution >= 4 is 22.7 Å². The molecule has 0 aliphatic carbocycles. The summed E-state index contributed by atoms with van der Waals surface area (Å²) in [5.41, 5.74) is 10.7. The van der Waals surface area contributed by atoms with Crippen LogP contribution in [-0.4, -0.2) is 28.2 Å². The molecule has 0 saturated heterocycles. The highest BCUT2D eigenvalue weighted by atomic mass is 16.5. The summed E-state index contributed by atoms with van der Waals surface area (Å²) >= 11 is 0. The number of ether oxygens (including phenoxy) is 1. The van der Waals surface area contributed by atoms with Crippen molar-refractivity contribution in [2.45, 2.75) is 26.0 Å². The first-order valence-corrected chi connectivity index (χ1v) is 11.0. The Bertz CT molecular complexity index is 1360. The fourth-order valence-corrected chi connectivity index (χ4v) is 4.62. The molecule has 2 amide bonds. The number of fused-ring (bicyclic) bond motifs is 3. The average Bonchev–Trinajstić information content (AvgIpc) is 3.23. The summed E-state index contributed by atoms with van der Waals surface area (Å²) in [4.78, 5) is 30.5. The predicted molar refractivity (Wildman–Crippen MR) is 127 cm³/mol. The zero-order chi connectivity index (χ0) is 22.9. The Morgan fingerprint density at radius 1 is 1.06 bits per heavy atom. The van der Waals surface area contributed by atoms with Gasteiger partial charge < -0.3 is 20.4 Å². The van der Waals surface area contributed by atoms with Gasteiger partial charge in [-0.05, 0) is 54.8 Å². The lowest BCUT2D eigenvalue weighted by molar-refractivity contribution is 0.0674. The molecule has 1 aliphatic rings. The minimum atomic E-state index is -0.537. The van der Waals surface area contributed by atoms with Crippen LogP contribution in [-0.2, 0) is 13.0 Å². The number of amides is 2. The molecule has 33 heavy (non-hydrogen) atoms. The van der Waals surface area contributed by atoms with Gasteiger partial charge in [0.15, 0.2) is 0 Å². The van der Waals surface area contributed by atoms with Crippen molar-refractivity contribution < 1.29 is 14.3 Å². The van der Waals surface area contributed by atoms with Crippen LogP contribution in [0.2, 0.25) is 0 Å². The molecule has 0 saturated carbocycles.